The second kappa shape index (κ2) is 10.4. The van der Waals surface area contributed by atoms with Crippen molar-refractivity contribution in [1.29, 1.82) is 0 Å². The van der Waals surface area contributed by atoms with E-state index in [-0.39, 0.29) is 23.7 Å². The molecule has 4 aliphatic rings. The Balaban J connectivity index is 1.34. The fourth-order valence-corrected chi connectivity index (χ4v) is 7.42. The molecule has 9 nitrogen and oxygen atoms in total. The molecule has 0 unspecified atom stereocenters. The summed E-state index contributed by atoms with van der Waals surface area (Å²) in [6.07, 6.45) is 2.36. The number of carbonyl (C=O) groups is 3. The lowest BCUT2D eigenvalue weighted by Gasteiger charge is -2.52. The van der Waals surface area contributed by atoms with Gasteiger partial charge in [-0.15, -0.1) is 0 Å². The van der Waals surface area contributed by atoms with Crippen molar-refractivity contribution in [3.63, 3.8) is 0 Å². The van der Waals surface area contributed by atoms with E-state index in [1.165, 1.54) is 12.1 Å². The fraction of sp³-hybridized carbons (Fsp3) is 0.200. The number of rotatable bonds is 7. The molecule has 1 heterocycles. The molecule has 0 aromatic heterocycles. The van der Waals surface area contributed by atoms with Crippen molar-refractivity contribution < 1.29 is 19.3 Å². The highest BCUT2D eigenvalue weighted by Crippen LogP contribution is 2.64. The molecule has 1 saturated heterocycles. The molecule has 3 amide bonds. The van der Waals surface area contributed by atoms with Gasteiger partial charge in [0.25, 0.3) is 5.69 Å². The number of amides is 3. The predicted molar refractivity (Wildman–Crippen MR) is 164 cm³/mol. The maximum atomic E-state index is 14.5. The minimum Gasteiger partial charge on any atom is -0.274 e. The molecule has 8 rings (SSSR count). The topological polar surface area (TPSA) is 122 Å². The Labute approximate surface area is 253 Å². The number of nitrogens with zero attached hydrogens (tertiary/aromatic N) is 3. The Morgan fingerprint density at radius 3 is 2.23 bits per heavy atom. The van der Waals surface area contributed by atoms with Gasteiger partial charge in [-0.1, -0.05) is 84.9 Å². The number of nitrogens with one attached hydrogen (secondary N) is 1. The summed E-state index contributed by atoms with van der Waals surface area (Å²) in [5.74, 6) is -3.44. The van der Waals surface area contributed by atoms with Gasteiger partial charge in [0.1, 0.15) is 5.69 Å². The number of hydrogen-bond donors (Lipinski definition) is 1. The van der Waals surface area contributed by atoms with Crippen molar-refractivity contribution in [3.05, 3.63) is 141 Å². The summed E-state index contributed by atoms with van der Waals surface area (Å²) in [6.45, 7) is 1.72. The van der Waals surface area contributed by atoms with E-state index >= 15 is 0 Å². The maximum absolute atomic E-state index is 14.5. The molecule has 0 radical (unpaired) electrons. The number of imide groups is 1. The van der Waals surface area contributed by atoms with Gasteiger partial charge in [-0.25, -0.2) is 10.3 Å². The van der Waals surface area contributed by atoms with E-state index < -0.39 is 39.9 Å². The van der Waals surface area contributed by atoms with Crippen LogP contribution < -0.4 is 10.3 Å². The van der Waals surface area contributed by atoms with Crippen LogP contribution in [0.5, 0.6) is 0 Å². The van der Waals surface area contributed by atoms with E-state index in [4.69, 9.17) is 0 Å². The first-order valence-electron chi connectivity index (χ1n) is 14.5. The molecular formula is C35H28N4O5. The smallest absolute Gasteiger partial charge is 0.274 e. The minimum atomic E-state index is -1.19. The monoisotopic (exact) mass is 584 g/mol. The second-order valence-corrected chi connectivity index (χ2v) is 11.6. The molecule has 218 valence electrons. The molecule has 4 aromatic rings. The summed E-state index contributed by atoms with van der Waals surface area (Å²) >= 11 is 0. The van der Waals surface area contributed by atoms with E-state index in [2.05, 4.69) is 10.5 Å². The van der Waals surface area contributed by atoms with Crippen molar-refractivity contribution >= 4 is 35.3 Å². The third-order valence-electron chi connectivity index (χ3n) is 9.19. The zero-order chi connectivity index (χ0) is 30.6. The first-order chi connectivity index (χ1) is 21.3. The number of benzene rings is 4. The highest BCUT2D eigenvalue weighted by Gasteiger charge is 2.68. The van der Waals surface area contributed by atoms with Crippen LogP contribution in [0.2, 0.25) is 0 Å². The normalized spacial score (nSPS) is 22.9. The number of aryl methyl sites for hydroxylation is 2. The molecule has 1 aliphatic heterocycles. The standard InChI is InChI=1S/C35H28N4O5/c1-21-15-17-27(28(19-21)39(43)44)38-33(41)31-30-23-11-5-7-13-25(23)35(32(31)34(38)42,26-14-8-6-12-24(26)30)20-36-37-29(40)18-16-22-9-3-2-4-10-22/h2-15,17,19-20,30-32H,16,18H2,1H3,(H,37,40)/b36-20-/t30?,31-,32-,35?/m1/s1. The van der Waals surface area contributed by atoms with Crippen LogP contribution in [0.15, 0.2) is 102 Å². The molecule has 1 fully saturated rings. The lowest BCUT2D eigenvalue weighted by atomic mass is 9.47. The Morgan fingerprint density at radius 2 is 1.57 bits per heavy atom. The molecule has 44 heavy (non-hydrogen) atoms. The summed E-state index contributed by atoms with van der Waals surface area (Å²) < 4.78 is 0. The molecule has 9 heteroatoms. The van der Waals surface area contributed by atoms with Crippen LogP contribution >= 0.6 is 0 Å². The van der Waals surface area contributed by atoms with Gasteiger partial charge >= 0.3 is 0 Å². The Kier molecular flexibility index (Phi) is 6.46. The van der Waals surface area contributed by atoms with E-state index in [9.17, 15) is 24.5 Å². The van der Waals surface area contributed by atoms with Crippen LogP contribution in [0.3, 0.4) is 0 Å². The molecule has 0 saturated carbocycles. The lowest BCUT2D eigenvalue weighted by molar-refractivity contribution is -0.384. The third kappa shape index (κ3) is 4.00. The average molecular weight is 585 g/mol. The number of nitro groups is 1. The maximum Gasteiger partial charge on any atom is 0.293 e. The fourth-order valence-electron chi connectivity index (χ4n) is 7.42. The van der Waals surface area contributed by atoms with Crippen molar-refractivity contribution in [2.75, 3.05) is 4.90 Å². The summed E-state index contributed by atoms with van der Waals surface area (Å²) in [5.41, 5.74) is 6.23. The molecule has 2 atom stereocenters. The van der Waals surface area contributed by atoms with Gasteiger partial charge < -0.3 is 0 Å². The first kappa shape index (κ1) is 27.4. The molecular weight excluding hydrogens is 556 g/mol. The molecule has 0 spiro atoms. The zero-order valence-electron chi connectivity index (χ0n) is 23.8. The molecule has 3 aliphatic carbocycles. The largest absolute Gasteiger partial charge is 0.293 e. The van der Waals surface area contributed by atoms with Gasteiger partial charge in [0.2, 0.25) is 17.7 Å². The lowest BCUT2D eigenvalue weighted by Crippen LogP contribution is -2.54. The zero-order valence-corrected chi connectivity index (χ0v) is 23.8. The Bertz CT molecular complexity index is 1840. The van der Waals surface area contributed by atoms with Crippen molar-refractivity contribution in [3.8, 4) is 0 Å². The first-order valence-corrected chi connectivity index (χ1v) is 14.5. The SMILES string of the molecule is Cc1ccc(N2C(=O)[C@@H]3C4c5ccccc5C(/C=N\NC(=O)CCc5ccccc5)(c5ccccc54)[C@H]3C2=O)c([N+](=O)[O-])c1. The summed E-state index contributed by atoms with van der Waals surface area (Å²) in [5, 5.41) is 16.5. The van der Waals surface area contributed by atoms with E-state index in [0.29, 0.717) is 12.0 Å². The van der Waals surface area contributed by atoms with Gasteiger partial charge in [0, 0.05) is 24.6 Å². The van der Waals surface area contributed by atoms with Gasteiger partial charge in [0.05, 0.1) is 22.2 Å². The second-order valence-electron chi connectivity index (χ2n) is 11.6. The van der Waals surface area contributed by atoms with Gasteiger partial charge in [0.15, 0.2) is 0 Å². The van der Waals surface area contributed by atoms with Crippen molar-refractivity contribution in [2.45, 2.75) is 31.1 Å². The number of anilines is 1. The molecule has 1 N–H and O–H groups in total. The minimum absolute atomic E-state index is 0.0428. The van der Waals surface area contributed by atoms with Gasteiger partial charge in [-0.05, 0) is 52.8 Å². The number of carbonyl (C=O) groups excluding carboxylic acids is 3. The van der Waals surface area contributed by atoms with E-state index in [0.717, 1.165) is 32.7 Å². The number of hydrogen-bond acceptors (Lipinski definition) is 6. The molecule has 4 aromatic carbocycles. The van der Waals surface area contributed by atoms with Crippen molar-refractivity contribution in [2.24, 2.45) is 16.9 Å². The summed E-state index contributed by atoms with van der Waals surface area (Å²) in [6, 6.07) is 29.5. The van der Waals surface area contributed by atoms with Crippen LogP contribution in [-0.2, 0) is 26.2 Å². The number of hydrazone groups is 1. The summed E-state index contributed by atoms with van der Waals surface area (Å²) in [4.78, 5) is 54.2. The van der Waals surface area contributed by atoms with Crippen LogP contribution in [0, 0.1) is 28.9 Å². The van der Waals surface area contributed by atoms with E-state index in [1.807, 2.05) is 78.9 Å². The van der Waals surface area contributed by atoms with Crippen LogP contribution in [0.25, 0.3) is 0 Å². The predicted octanol–water partition coefficient (Wildman–Crippen LogP) is 5.19. The summed E-state index contributed by atoms with van der Waals surface area (Å²) in [7, 11) is 0. The number of nitro benzene ring substituents is 1. The average Bonchev–Trinajstić information content (AvgIpc) is 3.31. The highest BCUT2D eigenvalue weighted by atomic mass is 16.6. The van der Waals surface area contributed by atoms with E-state index in [1.54, 1.807) is 19.2 Å². The Morgan fingerprint density at radius 1 is 0.932 bits per heavy atom. The molecule has 2 bridgehead atoms. The van der Waals surface area contributed by atoms with Crippen molar-refractivity contribution in [1.82, 2.24) is 5.43 Å². The Hall–Kier alpha value is -5.44. The third-order valence-corrected chi connectivity index (χ3v) is 9.19. The van der Waals surface area contributed by atoms with Crippen LogP contribution in [-0.4, -0.2) is 28.9 Å². The quantitative estimate of drug-likeness (QED) is 0.139. The van der Waals surface area contributed by atoms with Gasteiger partial charge in [-0.2, -0.15) is 5.10 Å². The van der Waals surface area contributed by atoms with Gasteiger partial charge in [-0.3, -0.25) is 24.5 Å². The van der Waals surface area contributed by atoms with Crippen LogP contribution in [0.4, 0.5) is 11.4 Å². The van der Waals surface area contributed by atoms with Crippen LogP contribution in [0.1, 0.15) is 45.7 Å². The highest BCUT2D eigenvalue weighted by molar-refractivity contribution is 6.25.